The van der Waals surface area contributed by atoms with E-state index in [1.807, 2.05) is 0 Å². The molecule has 5 aliphatic carbocycles. The zero-order valence-electron chi connectivity index (χ0n) is 12.3. The van der Waals surface area contributed by atoms with E-state index in [0.717, 1.165) is 5.76 Å². The summed E-state index contributed by atoms with van der Waals surface area (Å²) in [5.41, 5.74) is -0.197. The Labute approximate surface area is 125 Å². The summed E-state index contributed by atoms with van der Waals surface area (Å²) in [5, 5.41) is 0. The van der Waals surface area contributed by atoms with Gasteiger partial charge in [-0.3, -0.25) is 0 Å². The third-order valence-electron chi connectivity index (χ3n) is 7.85. The van der Waals surface area contributed by atoms with Crippen LogP contribution in [0.25, 0.3) is 0 Å². The molecule has 8 atom stereocenters. The van der Waals surface area contributed by atoms with Crippen LogP contribution < -0.4 is 11.4 Å². The van der Waals surface area contributed by atoms with Crippen LogP contribution in [-0.2, 0) is 11.8 Å². The normalized spacial score (nSPS) is 55.6. The molecule has 4 saturated carbocycles. The average Bonchev–Trinajstić information content (AvgIpc) is 3.31. The van der Waals surface area contributed by atoms with E-state index in [4.69, 9.17) is 4.74 Å². The van der Waals surface area contributed by atoms with Crippen molar-refractivity contribution in [2.24, 2.45) is 41.5 Å². The van der Waals surface area contributed by atoms with Gasteiger partial charge in [0, 0.05) is 17.9 Å². The summed E-state index contributed by atoms with van der Waals surface area (Å²) in [7, 11) is 3.29. The molecule has 0 unspecified atom stereocenters. The van der Waals surface area contributed by atoms with Crippen LogP contribution in [0, 0.1) is 34.5 Å². The number of hydrogen-bond acceptors (Lipinski definition) is 3. The molecule has 7 aliphatic rings. The number of methoxy groups -OCH3 is 1. The third kappa shape index (κ3) is 0.616. The van der Waals surface area contributed by atoms with Gasteiger partial charge >= 0.3 is 11.4 Å². The lowest BCUT2D eigenvalue weighted by Gasteiger charge is -2.47. The molecule has 112 valence electrons. The monoisotopic (exact) mass is 297 g/mol. The lowest BCUT2D eigenvalue weighted by atomic mass is 9.69. The number of rotatable bonds is 1. The fourth-order valence-corrected chi connectivity index (χ4v) is 7.51. The number of ether oxygens (including phenoxy) is 1. The molecule has 0 saturated heterocycles. The fraction of sp³-hybridized carbons (Fsp3) is 0.625. The van der Waals surface area contributed by atoms with Gasteiger partial charge in [0.15, 0.2) is 0 Å². The van der Waals surface area contributed by atoms with Crippen molar-refractivity contribution >= 4 is 0 Å². The van der Waals surface area contributed by atoms with Gasteiger partial charge in [-0.15, -0.1) is 0 Å². The van der Waals surface area contributed by atoms with Gasteiger partial charge in [-0.05, 0) is 35.8 Å². The third-order valence-corrected chi connectivity index (χ3v) is 7.85. The number of aromatic nitrogens is 3. The molecule has 3 heterocycles. The average molecular weight is 297 g/mol. The molecule has 2 spiro atoms. The molecule has 1 aromatic rings. The predicted molar refractivity (Wildman–Crippen MR) is 75.1 cm³/mol. The minimum Gasteiger partial charge on any atom is -0.497 e. The second-order valence-corrected chi connectivity index (χ2v) is 7.86. The molecule has 1 aromatic heterocycles. The first kappa shape index (κ1) is 10.7. The van der Waals surface area contributed by atoms with Crippen molar-refractivity contribution in [2.75, 3.05) is 7.11 Å². The standard InChI is InChI=1S/C16H15N3O3/c1-17-13(20)18-11-8-7-9(8)12(19(18)14(17)21)16-5-6(22-2)3-4-15(11,16)10(7)16/h3-5,7-12H,1-2H3/t7-,8-,9-,10+,11+,12+,15+,16-/m0/s1. The van der Waals surface area contributed by atoms with Crippen molar-refractivity contribution in [2.45, 2.75) is 12.1 Å². The first-order valence-corrected chi connectivity index (χ1v) is 7.97. The number of nitrogens with zero attached hydrogens (tertiary/aromatic N) is 3. The van der Waals surface area contributed by atoms with Crippen LogP contribution in [0.1, 0.15) is 12.1 Å². The molecule has 8 rings (SSSR count). The maximum Gasteiger partial charge on any atom is 0.347 e. The van der Waals surface area contributed by atoms with E-state index in [9.17, 15) is 9.59 Å². The quantitative estimate of drug-likeness (QED) is 0.735. The summed E-state index contributed by atoms with van der Waals surface area (Å²) in [6, 6.07) is 0.318. The van der Waals surface area contributed by atoms with Gasteiger partial charge in [-0.25, -0.2) is 23.5 Å². The summed E-state index contributed by atoms with van der Waals surface area (Å²) in [5.74, 6) is 3.41. The van der Waals surface area contributed by atoms with Crippen molar-refractivity contribution in [3.05, 3.63) is 45.0 Å². The molecule has 22 heavy (non-hydrogen) atoms. The fourth-order valence-electron chi connectivity index (χ4n) is 7.51. The first-order valence-electron chi connectivity index (χ1n) is 7.97. The highest BCUT2D eigenvalue weighted by molar-refractivity contribution is 5.58. The lowest BCUT2D eigenvalue weighted by Crippen LogP contribution is -2.52. The summed E-state index contributed by atoms with van der Waals surface area (Å²) in [6.07, 6.45) is 6.63. The van der Waals surface area contributed by atoms with Gasteiger partial charge in [0.2, 0.25) is 0 Å². The Balaban J connectivity index is 1.64. The molecule has 4 fully saturated rings. The van der Waals surface area contributed by atoms with Crippen LogP contribution in [0.5, 0.6) is 0 Å². The van der Waals surface area contributed by atoms with E-state index < -0.39 is 0 Å². The highest BCUT2D eigenvalue weighted by Crippen LogP contribution is 3.03. The molecule has 6 nitrogen and oxygen atoms in total. The van der Waals surface area contributed by atoms with Gasteiger partial charge in [0.25, 0.3) is 0 Å². The van der Waals surface area contributed by atoms with E-state index in [0.29, 0.717) is 23.7 Å². The molecule has 0 radical (unpaired) electrons. The van der Waals surface area contributed by atoms with Crippen molar-refractivity contribution in [3.63, 3.8) is 0 Å². The summed E-state index contributed by atoms with van der Waals surface area (Å²) in [4.78, 5) is 25.2. The van der Waals surface area contributed by atoms with E-state index in [-0.39, 0.29) is 34.3 Å². The van der Waals surface area contributed by atoms with Crippen molar-refractivity contribution in [1.29, 1.82) is 0 Å². The largest absolute Gasteiger partial charge is 0.497 e. The maximum atomic E-state index is 12.6. The molecular formula is C16H15N3O3. The minimum absolute atomic E-state index is 0.0272. The van der Waals surface area contributed by atoms with Crippen LogP contribution >= 0.6 is 0 Å². The molecule has 2 bridgehead atoms. The Morgan fingerprint density at radius 1 is 1.05 bits per heavy atom. The van der Waals surface area contributed by atoms with Crippen molar-refractivity contribution < 1.29 is 4.74 Å². The van der Waals surface area contributed by atoms with E-state index in [2.05, 4.69) is 18.2 Å². The Morgan fingerprint density at radius 2 is 1.68 bits per heavy atom. The summed E-state index contributed by atoms with van der Waals surface area (Å²) in [6.45, 7) is 0. The second kappa shape index (κ2) is 2.47. The molecule has 0 N–H and O–H groups in total. The lowest BCUT2D eigenvalue weighted by molar-refractivity contribution is 0.0417. The van der Waals surface area contributed by atoms with E-state index >= 15 is 0 Å². The Bertz CT molecular complexity index is 993. The predicted octanol–water partition coefficient (Wildman–Crippen LogP) is 0.0364. The summed E-state index contributed by atoms with van der Waals surface area (Å²) < 4.78 is 10.3. The Morgan fingerprint density at radius 3 is 2.32 bits per heavy atom. The van der Waals surface area contributed by atoms with Gasteiger partial charge in [-0.1, -0.05) is 6.08 Å². The van der Waals surface area contributed by atoms with Crippen LogP contribution in [-0.4, -0.2) is 21.0 Å². The van der Waals surface area contributed by atoms with Gasteiger partial charge < -0.3 is 4.74 Å². The first-order chi connectivity index (χ1) is 10.6. The van der Waals surface area contributed by atoms with Crippen LogP contribution in [0.3, 0.4) is 0 Å². The number of allylic oxidation sites excluding steroid dienone is 3. The molecular weight excluding hydrogens is 282 g/mol. The summed E-state index contributed by atoms with van der Waals surface area (Å²) >= 11 is 0. The van der Waals surface area contributed by atoms with Gasteiger partial charge in [0.1, 0.15) is 5.76 Å². The highest BCUT2D eigenvalue weighted by Gasteiger charge is 3.02. The molecule has 2 aliphatic heterocycles. The topological polar surface area (TPSA) is 58.2 Å². The Kier molecular flexibility index (Phi) is 1.20. The van der Waals surface area contributed by atoms with Crippen LogP contribution in [0.2, 0.25) is 0 Å². The molecule has 6 heteroatoms. The van der Waals surface area contributed by atoms with Crippen LogP contribution in [0.4, 0.5) is 0 Å². The van der Waals surface area contributed by atoms with Crippen molar-refractivity contribution in [1.82, 2.24) is 13.9 Å². The number of hydrogen-bond donors (Lipinski definition) is 0. The van der Waals surface area contributed by atoms with Crippen LogP contribution in [0.15, 0.2) is 33.6 Å². The zero-order chi connectivity index (χ0) is 14.8. The SMILES string of the molecule is COC1=C[C@]23[C@@H]4[C@@H]5[C@H]6[C@H]5[C@@H](n5c(=O)n(C)c(=O)n5[C@H]62)[C@@]43C=C1. The van der Waals surface area contributed by atoms with Crippen molar-refractivity contribution in [3.8, 4) is 0 Å². The van der Waals surface area contributed by atoms with E-state index in [1.54, 1.807) is 23.5 Å². The maximum absolute atomic E-state index is 12.6. The smallest absolute Gasteiger partial charge is 0.347 e. The van der Waals surface area contributed by atoms with Gasteiger partial charge in [0.05, 0.1) is 19.2 Å². The van der Waals surface area contributed by atoms with E-state index in [1.165, 1.54) is 4.57 Å². The van der Waals surface area contributed by atoms with Gasteiger partial charge in [-0.2, -0.15) is 0 Å². The Hall–Kier alpha value is -1.98. The second-order valence-electron chi connectivity index (χ2n) is 7.86. The molecule has 0 aromatic carbocycles. The molecule has 0 amide bonds. The zero-order valence-corrected chi connectivity index (χ0v) is 12.3. The highest BCUT2D eigenvalue weighted by atomic mass is 16.5. The minimum atomic E-state index is -0.151.